The number of Topliss-reactive ketones (excluding diaryl/α,β-unsaturated/α-hetero) is 1. The molecule has 0 N–H and O–H groups in total. The molecule has 3 rings (SSSR count). The van der Waals surface area contributed by atoms with E-state index in [0.29, 0.717) is 15.6 Å². The summed E-state index contributed by atoms with van der Waals surface area (Å²) in [6, 6.07) is 6.96. The zero-order chi connectivity index (χ0) is 17.8. The maximum absolute atomic E-state index is 12.6. The summed E-state index contributed by atoms with van der Waals surface area (Å²) < 4.78 is 0. The zero-order valence-electron chi connectivity index (χ0n) is 13.4. The molecule has 5 nitrogen and oxygen atoms in total. The van der Waals surface area contributed by atoms with E-state index in [1.165, 1.54) is 12.5 Å². The average Bonchev–Trinajstić information content (AvgIpc) is 2.61. The van der Waals surface area contributed by atoms with Crippen LogP contribution in [0.4, 0.5) is 11.4 Å². The number of ketones is 1. The lowest BCUT2D eigenvalue weighted by Gasteiger charge is -2.19. The monoisotopic (exact) mass is 372 g/mol. The van der Waals surface area contributed by atoms with Gasteiger partial charge >= 0.3 is 0 Å². The SMILES string of the molecule is CN(c1cncnc1)c1cc(Cl)cc(C(=O)Cc2cncc(Cl)c2)c1. The first-order valence-electron chi connectivity index (χ1n) is 7.45. The number of rotatable bonds is 5. The lowest BCUT2D eigenvalue weighted by atomic mass is 10.0. The first kappa shape index (κ1) is 17.3. The quantitative estimate of drug-likeness (QED) is 0.622. The second-order valence-electron chi connectivity index (χ2n) is 5.47. The Labute approximate surface area is 155 Å². The predicted molar refractivity (Wildman–Crippen MR) is 98.8 cm³/mol. The Morgan fingerprint density at radius 1 is 0.920 bits per heavy atom. The molecule has 126 valence electrons. The van der Waals surface area contributed by atoms with E-state index in [1.807, 2.05) is 11.9 Å². The van der Waals surface area contributed by atoms with Crippen molar-refractivity contribution in [2.24, 2.45) is 0 Å². The first-order chi connectivity index (χ1) is 12.0. The van der Waals surface area contributed by atoms with Gasteiger partial charge in [0.1, 0.15) is 6.33 Å². The minimum absolute atomic E-state index is 0.0643. The Kier molecular flexibility index (Phi) is 5.26. The highest BCUT2D eigenvalue weighted by atomic mass is 35.5. The Balaban J connectivity index is 1.87. The normalized spacial score (nSPS) is 10.5. The molecule has 0 saturated heterocycles. The van der Waals surface area contributed by atoms with Gasteiger partial charge in [-0.15, -0.1) is 0 Å². The molecule has 0 saturated carbocycles. The highest BCUT2D eigenvalue weighted by Crippen LogP contribution is 2.27. The van der Waals surface area contributed by atoms with Crippen LogP contribution in [0.1, 0.15) is 15.9 Å². The van der Waals surface area contributed by atoms with Crippen LogP contribution in [0.25, 0.3) is 0 Å². The number of anilines is 2. The number of halogens is 2. The fraction of sp³-hybridized carbons (Fsp3) is 0.111. The second kappa shape index (κ2) is 7.59. The molecular formula is C18H14Cl2N4O. The summed E-state index contributed by atoms with van der Waals surface area (Å²) in [5.74, 6) is -0.0643. The summed E-state index contributed by atoms with van der Waals surface area (Å²) in [4.78, 5) is 26.5. The van der Waals surface area contributed by atoms with Crippen LogP contribution >= 0.6 is 23.2 Å². The molecule has 0 amide bonds. The van der Waals surface area contributed by atoms with E-state index in [1.54, 1.807) is 42.9 Å². The number of pyridine rings is 1. The van der Waals surface area contributed by atoms with Crippen LogP contribution in [0, 0.1) is 0 Å². The number of carbonyl (C=O) groups excluding carboxylic acids is 1. The molecular weight excluding hydrogens is 359 g/mol. The molecule has 0 aliphatic heterocycles. The maximum Gasteiger partial charge on any atom is 0.167 e. The van der Waals surface area contributed by atoms with Gasteiger partial charge in [-0.25, -0.2) is 9.97 Å². The van der Waals surface area contributed by atoms with Crippen molar-refractivity contribution in [2.75, 3.05) is 11.9 Å². The van der Waals surface area contributed by atoms with Crippen molar-refractivity contribution >= 4 is 40.4 Å². The van der Waals surface area contributed by atoms with E-state index in [9.17, 15) is 4.79 Å². The third-order valence-electron chi connectivity index (χ3n) is 3.65. The molecule has 2 aromatic heterocycles. The Morgan fingerprint density at radius 3 is 2.40 bits per heavy atom. The smallest absolute Gasteiger partial charge is 0.167 e. The molecule has 0 unspecified atom stereocenters. The van der Waals surface area contributed by atoms with E-state index in [0.717, 1.165) is 16.9 Å². The van der Waals surface area contributed by atoms with Crippen molar-refractivity contribution in [3.63, 3.8) is 0 Å². The molecule has 0 aliphatic rings. The van der Waals surface area contributed by atoms with Gasteiger partial charge in [0.05, 0.1) is 23.1 Å². The summed E-state index contributed by atoms with van der Waals surface area (Å²) in [5.41, 5.74) is 2.84. The summed E-state index contributed by atoms with van der Waals surface area (Å²) in [7, 11) is 1.86. The Hall–Kier alpha value is -2.50. The molecule has 0 bridgehead atoms. The van der Waals surface area contributed by atoms with Crippen molar-refractivity contribution in [3.05, 3.63) is 76.6 Å². The van der Waals surface area contributed by atoms with Crippen LogP contribution in [0.2, 0.25) is 10.0 Å². The number of aromatic nitrogens is 3. The van der Waals surface area contributed by atoms with E-state index in [2.05, 4.69) is 15.0 Å². The van der Waals surface area contributed by atoms with Gasteiger partial charge in [0.25, 0.3) is 0 Å². The van der Waals surface area contributed by atoms with Gasteiger partial charge in [0.2, 0.25) is 0 Å². The number of nitrogens with zero attached hydrogens (tertiary/aromatic N) is 4. The van der Waals surface area contributed by atoms with Crippen LogP contribution in [0.15, 0.2) is 55.4 Å². The highest BCUT2D eigenvalue weighted by Gasteiger charge is 2.13. The van der Waals surface area contributed by atoms with Crippen molar-refractivity contribution in [1.29, 1.82) is 0 Å². The van der Waals surface area contributed by atoms with Crippen molar-refractivity contribution in [2.45, 2.75) is 6.42 Å². The van der Waals surface area contributed by atoms with Gasteiger partial charge in [-0.2, -0.15) is 0 Å². The highest BCUT2D eigenvalue weighted by molar-refractivity contribution is 6.31. The minimum Gasteiger partial charge on any atom is -0.342 e. The molecule has 0 fully saturated rings. The third kappa shape index (κ3) is 4.32. The second-order valence-corrected chi connectivity index (χ2v) is 6.34. The van der Waals surface area contributed by atoms with Gasteiger partial charge in [-0.3, -0.25) is 9.78 Å². The molecule has 0 spiro atoms. The number of hydrogen-bond acceptors (Lipinski definition) is 5. The zero-order valence-corrected chi connectivity index (χ0v) is 14.9. The molecule has 0 atom stereocenters. The van der Waals surface area contributed by atoms with E-state index >= 15 is 0 Å². The first-order valence-corrected chi connectivity index (χ1v) is 8.20. The van der Waals surface area contributed by atoms with E-state index in [4.69, 9.17) is 23.2 Å². The average molecular weight is 373 g/mol. The largest absolute Gasteiger partial charge is 0.342 e. The molecule has 2 heterocycles. The molecule has 3 aromatic rings. The lowest BCUT2D eigenvalue weighted by molar-refractivity contribution is 0.0993. The van der Waals surface area contributed by atoms with Crippen molar-refractivity contribution in [1.82, 2.24) is 15.0 Å². The van der Waals surface area contributed by atoms with Crippen LogP contribution < -0.4 is 4.90 Å². The number of carbonyl (C=O) groups is 1. The van der Waals surface area contributed by atoms with Gasteiger partial charge in [-0.1, -0.05) is 23.2 Å². The van der Waals surface area contributed by atoms with Gasteiger partial charge in [0, 0.05) is 42.1 Å². The fourth-order valence-corrected chi connectivity index (χ4v) is 2.81. The Bertz CT molecular complexity index is 903. The van der Waals surface area contributed by atoms with Crippen molar-refractivity contribution in [3.8, 4) is 0 Å². The predicted octanol–water partition coefficient (Wildman–Crippen LogP) is 4.37. The van der Waals surface area contributed by atoms with E-state index < -0.39 is 0 Å². The summed E-state index contributed by atoms with van der Waals surface area (Å²) >= 11 is 12.1. The van der Waals surface area contributed by atoms with Gasteiger partial charge in [0.15, 0.2) is 5.78 Å². The summed E-state index contributed by atoms with van der Waals surface area (Å²) in [6.45, 7) is 0. The molecule has 1 aromatic carbocycles. The number of hydrogen-bond donors (Lipinski definition) is 0. The van der Waals surface area contributed by atoms with Crippen molar-refractivity contribution < 1.29 is 4.79 Å². The van der Waals surface area contributed by atoms with Gasteiger partial charge < -0.3 is 4.90 Å². The third-order valence-corrected chi connectivity index (χ3v) is 4.08. The summed E-state index contributed by atoms with van der Waals surface area (Å²) in [5, 5.41) is 0.981. The fourth-order valence-electron chi connectivity index (χ4n) is 2.38. The minimum atomic E-state index is -0.0643. The van der Waals surface area contributed by atoms with Crippen LogP contribution in [0.3, 0.4) is 0 Å². The van der Waals surface area contributed by atoms with Gasteiger partial charge in [-0.05, 0) is 29.8 Å². The molecule has 0 aliphatic carbocycles. The number of benzene rings is 1. The maximum atomic E-state index is 12.6. The standard InChI is InChI=1S/C18H14Cl2N4O/c1-24(17-9-22-11-23-10-17)16-5-13(4-14(19)6-16)18(25)3-12-2-15(20)8-21-7-12/h2,4-11H,3H2,1H3. The topological polar surface area (TPSA) is 59.0 Å². The van der Waals surface area contributed by atoms with E-state index in [-0.39, 0.29) is 12.2 Å². The molecule has 0 radical (unpaired) electrons. The summed E-state index contributed by atoms with van der Waals surface area (Å²) in [6.07, 6.45) is 8.20. The lowest BCUT2D eigenvalue weighted by Crippen LogP contribution is -2.12. The van der Waals surface area contributed by atoms with Crippen LogP contribution in [-0.4, -0.2) is 27.8 Å². The van der Waals surface area contributed by atoms with Crippen LogP contribution in [-0.2, 0) is 6.42 Å². The molecule has 7 heteroatoms. The Morgan fingerprint density at radius 2 is 1.68 bits per heavy atom. The van der Waals surface area contributed by atoms with Crippen LogP contribution in [0.5, 0.6) is 0 Å². The molecule has 25 heavy (non-hydrogen) atoms.